The Morgan fingerprint density at radius 3 is 2.70 bits per heavy atom. The summed E-state index contributed by atoms with van der Waals surface area (Å²) in [5.74, 6) is 0. The molecule has 0 bridgehead atoms. The first-order valence-electron chi connectivity index (χ1n) is 9.05. The molecule has 0 aliphatic carbocycles. The molecule has 4 N–H and O–H groups in total. The monoisotopic (exact) mass is 452 g/mol. The fourth-order valence-electron chi connectivity index (χ4n) is 2.98. The number of hydrogen-bond donors (Lipinski definition) is 4. The zero-order valence-corrected chi connectivity index (χ0v) is 17.6. The highest BCUT2D eigenvalue weighted by Crippen LogP contribution is 2.25. The van der Waals surface area contributed by atoms with Gasteiger partial charge in [-0.25, -0.2) is 4.79 Å². The fraction of sp³-hybridized carbons (Fsp3) is 0.250. The van der Waals surface area contributed by atoms with Crippen molar-refractivity contribution in [1.82, 2.24) is 4.72 Å². The van der Waals surface area contributed by atoms with Crippen molar-refractivity contribution in [3.8, 4) is 0 Å². The van der Waals surface area contributed by atoms with E-state index in [4.69, 9.17) is 21.1 Å². The van der Waals surface area contributed by atoms with E-state index in [1.54, 1.807) is 42.5 Å². The van der Waals surface area contributed by atoms with Crippen LogP contribution >= 0.6 is 11.6 Å². The molecule has 0 saturated heterocycles. The Bertz CT molecular complexity index is 1230. The Morgan fingerprint density at radius 1 is 1.20 bits per heavy atom. The molecular formula is C20H21ClN2O6S. The van der Waals surface area contributed by atoms with E-state index in [-0.39, 0.29) is 18.7 Å². The van der Waals surface area contributed by atoms with Gasteiger partial charge in [0.05, 0.1) is 18.4 Å². The molecule has 1 heterocycles. The van der Waals surface area contributed by atoms with Crippen LogP contribution in [0.25, 0.3) is 11.0 Å². The van der Waals surface area contributed by atoms with Crippen LogP contribution in [-0.2, 0) is 16.6 Å². The van der Waals surface area contributed by atoms with Crippen LogP contribution in [-0.4, -0.2) is 37.9 Å². The first-order valence-corrected chi connectivity index (χ1v) is 10.9. The summed E-state index contributed by atoms with van der Waals surface area (Å²) in [5, 5.41) is 19.3. The van der Waals surface area contributed by atoms with Crippen LogP contribution in [0.3, 0.4) is 0 Å². The van der Waals surface area contributed by atoms with Gasteiger partial charge in [-0.1, -0.05) is 23.7 Å². The maximum absolute atomic E-state index is 12.5. The molecule has 3 aromatic rings. The average molecular weight is 453 g/mol. The smallest absolute Gasteiger partial charge is 0.340 e. The van der Waals surface area contributed by atoms with E-state index in [0.29, 0.717) is 21.7 Å². The van der Waals surface area contributed by atoms with Crippen LogP contribution in [0.2, 0.25) is 5.02 Å². The van der Waals surface area contributed by atoms with Gasteiger partial charge in [0.1, 0.15) is 5.58 Å². The van der Waals surface area contributed by atoms with Crippen LogP contribution in [0.4, 0.5) is 5.69 Å². The van der Waals surface area contributed by atoms with Crippen molar-refractivity contribution in [2.24, 2.45) is 0 Å². The number of hydrogen-bond acceptors (Lipinski definition) is 6. The number of aryl methyl sites for hydroxylation is 1. The number of nitrogens with one attached hydrogen (secondary N) is 2. The normalized spacial score (nSPS) is 12.8. The highest BCUT2D eigenvalue weighted by molar-refractivity contribution is 7.90. The first-order chi connectivity index (χ1) is 14.2. The van der Waals surface area contributed by atoms with Crippen LogP contribution in [0, 0.1) is 6.92 Å². The van der Waals surface area contributed by atoms with Gasteiger partial charge in [0.25, 0.3) is 10.2 Å². The van der Waals surface area contributed by atoms with E-state index < -0.39 is 28.5 Å². The Labute approximate surface area is 178 Å². The van der Waals surface area contributed by atoms with Gasteiger partial charge < -0.3 is 14.6 Å². The van der Waals surface area contributed by atoms with Crippen molar-refractivity contribution in [2.75, 3.05) is 17.9 Å². The average Bonchev–Trinajstić information content (AvgIpc) is 2.70. The first kappa shape index (κ1) is 22.3. The summed E-state index contributed by atoms with van der Waals surface area (Å²) in [6.45, 7) is 0.927. The van der Waals surface area contributed by atoms with E-state index in [9.17, 15) is 18.3 Å². The van der Waals surface area contributed by atoms with Crippen molar-refractivity contribution >= 4 is 38.5 Å². The summed E-state index contributed by atoms with van der Waals surface area (Å²) in [4.78, 5) is 12.5. The second-order valence-corrected chi connectivity index (χ2v) is 8.74. The lowest BCUT2D eigenvalue weighted by atomic mass is 9.99. The highest BCUT2D eigenvalue weighted by atomic mass is 35.5. The summed E-state index contributed by atoms with van der Waals surface area (Å²) in [7, 11) is -3.95. The van der Waals surface area contributed by atoms with Gasteiger partial charge in [0, 0.05) is 28.9 Å². The molecule has 3 rings (SSSR count). The summed E-state index contributed by atoms with van der Waals surface area (Å²) < 4.78 is 34.0. The molecular weight excluding hydrogens is 432 g/mol. The molecule has 0 radical (unpaired) electrons. The third-order valence-electron chi connectivity index (χ3n) is 4.53. The molecule has 8 nitrogen and oxygen atoms in total. The van der Waals surface area contributed by atoms with Crippen LogP contribution in [0.1, 0.15) is 16.7 Å². The number of anilines is 1. The zero-order chi connectivity index (χ0) is 21.9. The summed E-state index contributed by atoms with van der Waals surface area (Å²) in [6.07, 6.45) is -0.959. The lowest BCUT2D eigenvalue weighted by Gasteiger charge is -2.13. The van der Waals surface area contributed by atoms with Crippen molar-refractivity contribution in [2.45, 2.75) is 19.4 Å². The minimum atomic E-state index is -3.95. The zero-order valence-electron chi connectivity index (χ0n) is 16.1. The molecule has 0 aliphatic rings. The number of fused-ring (bicyclic) bond motifs is 1. The maximum Gasteiger partial charge on any atom is 0.340 e. The topological polar surface area (TPSA) is 129 Å². The van der Waals surface area contributed by atoms with Crippen LogP contribution < -0.4 is 15.1 Å². The lowest BCUT2D eigenvalue weighted by Crippen LogP contribution is -2.37. The summed E-state index contributed by atoms with van der Waals surface area (Å²) in [6, 6.07) is 11.6. The van der Waals surface area contributed by atoms with Gasteiger partial charge in [0.15, 0.2) is 0 Å². The largest absolute Gasteiger partial charge is 0.423 e. The molecule has 0 saturated carbocycles. The van der Waals surface area contributed by atoms with Crippen LogP contribution in [0.5, 0.6) is 0 Å². The molecule has 2 aromatic carbocycles. The van der Waals surface area contributed by atoms with E-state index in [2.05, 4.69) is 9.44 Å². The van der Waals surface area contributed by atoms with Gasteiger partial charge in [0.2, 0.25) is 0 Å². The predicted molar refractivity (Wildman–Crippen MR) is 115 cm³/mol. The van der Waals surface area contributed by atoms with Gasteiger partial charge in [-0.15, -0.1) is 0 Å². The standard InChI is InChI=1S/C20H21ClN2O6S/c1-12-17-9-14(21)5-6-19(17)29-20(26)18(12)8-13-3-2-4-15(7-13)23-30(27,28)22-10-16(25)11-24/h2-7,9,16,22-25H,8,10-11H2,1H3. The summed E-state index contributed by atoms with van der Waals surface area (Å²) in [5.41, 5.74) is 2.16. The SMILES string of the molecule is Cc1c(Cc2cccc(NS(=O)(=O)NCC(O)CO)c2)c(=O)oc2ccc(Cl)cc12. The van der Waals surface area contributed by atoms with Crippen LogP contribution in [0.15, 0.2) is 51.7 Å². The van der Waals surface area contributed by atoms with Gasteiger partial charge in [-0.2, -0.15) is 13.1 Å². The minimum Gasteiger partial charge on any atom is -0.423 e. The fourth-order valence-corrected chi connectivity index (χ4v) is 4.07. The Kier molecular flexibility index (Phi) is 6.79. The minimum absolute atomic E-state index is 0.239. The molecule has 0 spiro atoms. The Balaban J connectivity index is 1.84. The molecule has 1 unspecified atom stereocenters. The van der Waals surface area contributed by atoms with Crippen molar-refractivity contribution < 1.29 is 23.0 Å². The van der Waals surface area contributed by atoms with E-state index in [1.807, 2.05) is 6.92 Å². The van der Waals surface area contributed by atoms with Gasteiger partial charge >= 0.3 is 5.63 Å². The quantitative estimate of drug-likeness (QED) is 0.386. The van der Waals surface area contributed by atoms with Crippen molar-refractivity contribution in [3.63, 3.8) is 0 Å². The number of rotatable bonds is 8. The lowest BCUT2D eigenvalue weighted by molar-refractivity contribution is 0.0988. The van der Waals surface area contributed by atoms with E-state index >= 15 is 0 Å². The molecule has 1 aromatic heterocycles. The van der Waals surface area contributed by atoms with Gasteiger partial charge in [-0.05, 0) is 48.4 Å². The van der Waals surface area contributed by atoms with Gasteiger partial charge in [-0.3, -0.25) is 4.72 Å². The molecule has 160 valence electrons. The third-order valence-corrected chi connectivity index (χ3v) is 5.81. The second-order valence-electron chi connectivity index (χ2n) is 6.80. The van der Waals surface area contributed by atoms with Crippen molar-refractivity contribution in [1.29, 1.82) is 0 Å². The third kappa shape index (κ3) is 5.38. The number of aliphatic hydroxyl groups is 2. The Morgan fingerprint density at radius 2 is 1.97 bits per heavy atom. The molecule has 0 aliphatic heterocycles. The maximum atomic E-state index is 12.5. The predicted octanol–water partition coefficient (Wildman–Crippen LogP) is 1.95. The highest BCUT2D eigenvalue weighted by Gasteiger charge is 2.15. The van der Waals surface area contributed by atoms with Crippen molar-refractivity contribution in [3.05, 3.63) is 74.6 Å². The molecule has 10 heteroatoms. The molecule has 1 atom stereocenters. The Hall–Kier alpha value is -2.43. The summed E-state index contributed by atoms with van der Waals surface area (Å²) >= 11 is 6.06. The number of halogens is 1. The molecule has 0 amide bonds. The molecule has 30 heavy (non-hydrogen) atoms. The van der Waals surface area contributed by atoms with E-state index in [0.717, 1.165) is 10.9 Å². The second kappa shape index (κ2) is 9.15. The number of benzene rings is 2. The van der Waals surface area contributed by atoms with E-state index in [1.165, 1.54) is 0 Å². The molecule has 0 fully saturated rings. The number of aliphatic hydroxyl groups excluding tert-OH is 2.